The van der Waals surface area contributed by atoms with Crippen molar-refractivity contribution >= 4 is 5.82 Å². The van der Waals surface area contributed by atoms with Gasteiger partial charge in [-0.1, -0.05) is 26.0 Å². The van der Waals surface area contributed by atoms with E-state index in [2.05, 4.69) is 35.7 Å². The van der Waals surface area contributed by atoms with Gasteiger partial charge < -0.3 is 4.90 Å². The van der Waals surface area contributed by atoms with E-state index in [1.165, 1.54) is 6.07 Å². The molecular formula is C22H25F2N5. The molecule has 0 saturated heterocycles. The van der Waals surface area contributed by atoms with Crippen molar-refractivity contribution < 1.29 is 8.78 Å². The van der Waals surface area contributed by atoms with Crippen LogP contribution in [0.5, 0.6) is 0 Å². The number of hydrogen-bond donors (Lipinski definition) is 0. The lowest BCUT2D eigenvalue weighted by molar-refractivity contribution is 0.303. The molecule has 1 aliphatic heterocycles. The summed E-state index contributed by atoms with van der Waals surface area (Å²) in [4.78, 5) is 8.61. The molecule has 2 aromatic heterocycles. The Morgan fingerprint density at radius 3 is 2.59 bits per heavy atom. The average Bonchev–Trinajstić information content (AvgIpc) is 3.03. The third-order valence-corrected chi connectivity index (χ3v) is 5.06. The Labute approximate surface area is 169 Å². The van der Waals surface area contributed by atoms with Crippen molar-refractivity contribution in [3.05, 3.63) is 65.5 Å². The number of halogens is 2. The first-order valence-electron chi connectivity index (χ1n) is 9.80. The summed E-state index contributed by atoms with van der Waals surface area (Å²) in [6, 6.07) is 8.12. The highest BCUT2D eigenvalue weighted by Gasteiger charge is 2.29. The molecular weight excluding hydrogens is 372 g/mol. The molecule has 0 unspecified atom stereocenters. The van der Waals surface area contributed by atoms with Crippen molar-refractivity contribution in [3.63, 3.8) is 0 Å². The highest BCUT2D eigenvalue weighted by Crippen LogP contribution is 2.36. The van der Waals surface area contributed by atoms with Gasteiger partial charge in [-0.25, -0.2) is 8.78 Å². The number of benzene rings is 1. The van der Waals surface area contributed by atoms with Crippen molar-refractivity contribution in [2.24, 2.45) is 5.92 Å². The number of rotatable bonds is 5. The number of fused-ring (bicyclic) bond motifs is 1. The summed E-state index contributed by atoms with van der Waals surface area (Å²) in [5.41, 5.74) is 3.27. The summed E-state index contributed by atoms with van der Waals surface area (Å²) in [6.45, 7) is 6.92. The van der Waals surface area contributed by atoms with Gasteiger partial charge in [0.05, 0.1) is 18.9 Å². The fourth-order valence-electron chi connectivity index (χ4n) is 3.93. The van der Waals surface area contributed by atoms with Crippen LogP contribution in [0.15, 0.2) is 42.7 Å². The van der Waals surface area contributed by atoms with Crippen molar-refractivity contribution in [1.82, 2.24) is 19.7 Å². The first kappa shape index (κ1) is 19.5. The number of nitrogens with zero attached hydrogens (tertiary/aromatic N) is 5. The number of pyridine rings is 1. The topological polar surface area (TPSA) is 37.2 Å². The van der Waals surface area contributed by atoms with Crippen LogP contribution in [0.2, 0.25) is 0 Å². The van der Waals surface area contributed by atoms with E-state index in [0.717, 1.165) is 48.5 Å². The average molecular weight is 397 g/mol. The number of aromatic nitrogens is 3. The minimum atomic E-state index is -0.842. The van der Waals surface area contributed by atoms with Crippen LogP contribution in [0, 0.1) is 17.6 Å². The Bertz CT molecular complexity index is 1000. The zero-order valence-electron chi connectivity index (χ0n) is 16.9. The summed E-state index contributed by atoms with van der Waals surface area (Å²) >= 11 is 0. The van der Waals surface area contributed by atoms with Gasteiger partial charge in [0, 0.05) is 42.2 Å². The maximum atomic E-state index is 14.4. The largest absolute Gasteiger partial charge is 0.342 e. The van der Waals surface area contributed by atoms with Gasteiger partial charge >= 0.3 is 0 Å². The molecule has 1 aromatic carbocycles. The molecule has 4 rings (SSSR count). The molecule has 0 atom stereocenters. The van der Waals surface area contributed by atoms with Gasteiger partial charge in [0.2, 0.25) is 0 Å². The number of anilines is 1. The second-order valence-corrected chi connectivity index (χ2v) is 8.03. The fourth-order valence-corrected chi connectivity index (χ4v) is 3.93. The van der Waals surface area contributed by atoms with Crippen LogP contribution in [0.4, 0.5) is 14.6 Å². The molecule has 0 N–H and O–H groups in total. The van der Waals surface area contributed by atoms with Gasteiger partial charge in [-0.3, -0.25) is 14.6 Å². The van der Waals surface area contributed by atoms with Crippen LogP contribution >= 0.6 is 0 Å². The zero-order valence-corrected chi connectivity index (χ0v) is 16.9. The van der Waals surface area contributed by atoms with Crippen molar-refractivity contribution in [2.45, 2.75) is 26.9 Å². The zero-order chi connectivity index (χ0) is 20.5. The molecule has 1 aliphatic rings. The van der Waals surface area contributed by atoms with E-state index >= 15 is 0 Å². The maximum Gasteiger partial charge on any atom is 0.163 e. The standard InChI is InChI=1S/C22H25F2N5/c1-15(2)11-28-14-27(3)13-18-21(16-7-9-25-10-8-16)29(26-22(18)28)12-17-5-4-6-19(23)20(17)24/h4-10,15H,11-14H2,1-3H3. The molecule has 0 fully saturated rings. The Balaban J connectivity index is 1.85. The van der Waals surface area contributed by atoms with E-state index in [4.69, 9.17) is 5.10 Å². The summed E-state index contributed by atoms with van der Waals surface area (Å²) in [7, 11) is 2.08. The van der Waals surface area contributed by atoms with E-state index in [1.54, 1.807) is 23.1 Å². The second-order valence-electron chi connectivity index (χ2n) is 8.03. The van der Waals surface area contributed by atoms with Crippen LogP contribution in [0.3, 0.4) is 0 Å². The molecule has 0 amide bonds. The minimum absolute atomic E-state index is 0.160. The maximum absolute atomic E-state index is 14.4. The van der Waals surface area contributed by atoms with Gasteiger partial charge in [0.15, 0.2) is 17.5 Å². The van der Waals surface area contributed by atoms with E-state index in [9.17, 15) is 8.78 Å². The molecule has 0 aliphatic carbocycles. The third-order valence-electron chi connectivity index (χ3n) is 5.06. The minimum Gasteiger partial charge on any atom is -0.342 e. The van der Waals surface area contributed by atoms with Crippen molar-refractivity contribution in [1.29, 1.82) is 0 Å². The van der Waals surface area contributed by atoms with E-state index in [0.29, 0.717) is 5.92 Å². The van der Waals surface area contributed by atoms with Gasteiger partial charge in [-0.15, -0.1) is 0 Å². The highest BCUT2D eigenvalue weighted by molar-refractivity contribution is 5.70. The molecule has 7 heteroatoms. The molecule has 0 bridgehead atoms. The van der Waals surface area contributed by atoms with Crippen molar-refractivity contribution in [2.75, 3.05) is 25.2 Å². The van der Waals surface area contributed by atoms with Gasteiger partial charge in [-0.2, -0.15) is 5.10 Å². The van der Waals surface area contributed by atoms with Gasteiger partial charge in [0.25, 0.3) is 0 Å². The SMILES string of the molecule is CC(C)CN1CN(C)Cc2c1nn(Cc1cccc(F)c1F)c2-c1ccncc1. The quantitative estimate of drug-likeness (QED) is 0.649. The van der Waals surface area contributed by atoms with Crippen molar-refractivity contribution in [3.8, 4) is 11.3 Å². The monoisotopic (exact) mass is 397 g/mol. The molecule has 5 nitrogen and oxygen atoms in total. The van der Waals surface area contributed by atoms with E-state index in [-0.39, 0.29) is 12.1 Å². The number of hydrogen-bond acceptors (Lipinski definition) is 4. The summed E-state index contributed by atoms with van der Waals surface area (Å²) in [5.74, 6) is -0.270. The Morgan fingerprint density at radius 2 is 1.86 bits per heavy atom. The summed E-state index contributed by atoms with van der Waals surface area (Å²) in [6.07, 6.45) is 3.47. The van der Waals surface area contributed by atoms with Crippen LogP contribution in [-0.2, 0) is 13.1 Å². The van der Waals surface area contributed by atoms with Crippen LogP contribution in [0.1, 0.15) is 25.0 Å². The van der Waals surface area contributed by atoms with Crippen LogP contribution in [-0.4, -0.2) is 39.9 Å². The Morgan fingerprint density at radius 1 is 1.10 bits per heavy atom. The van der Waals surface area contributed by atoms with Gasteiger partial charge in [0.1, 0.15) is 0 Å². The third kappa shape index (κ3) is 3.87. The second kappa shape index (κ2) is 7.91. The predicted octanol–water partition coefficient (Wildman–Crippen LogP) is 4.14. The first-order valence-corrected chi connectivity index (χ1v) is 9.80. The predicted molar refractivity (Wildman–Crippen MR) is 109 cm³/mol. The fraction of sp³-hybridized carbons (Fsp3) is 0.364. The summed E-state index contributed by atoms with van der Waals surface area (Å²) in [5, 5.41) is 4.87. The molecule has 0 saturated carbocycles. The summed E-state index contributed by atoms with van der Waals surface area (Å²) < 4.78 is 29.9. The lowest BCUT2D eigenvalue weighted by Crippen LogP contribution is -2.42. The molecule has 0 spiro atoms. The molecule has 29 heavy (non-hydrogen) atoms. The molecule has 0 radical (unpaired) electrons. The lowest BCUT2D eigenvalue weighted by atomic mass is 10.1. The normalized spacial score (nSPS) is 14.5. The molecule has 3 aromatic rings. The first-order chi connectivity index (χ1) is 13.9. The van der Waals surface area contributed by atoms with Gasteiger partial charge in [-0.05, 0) is 31.2 Å². The van der Waals surface area contributed by atoms with E-state index < -0.39 is 11.6 Å². The lowest BCUT2D eigenvalue weighted by Gasteiger charge is -2.34. The van der Waals surface area contributed by atoms with Crippen LogP contribution in [0.25, 0.3) is 11.3 Å². The smallest absolute Gasteiger partial charge is 0.163 e. The molecule has 152 valence electrons. The highest BCUT2D eigenvalue weighted by atomic mass is 19.2. The van der Waals surface area contributed by atoms with E-state index in [1.807, 2.05) is 12.1 Å². The molecule has 3 heterocycles. The Hall–Kier alpha value is -2.80. The Kier molecular flexibility index (Phi) is 5.32. The van der Waals surface area contributed by atoms with Crippen LogP contribution < -0.4 is 4.90 Å².